The fourth-order valence-corrected chi connectivity index (χ4v) is 3.40. The van der Waals surface area contributed by atoms with Crippen LogP contribution in [0.1, 0.15) is 31.8 Å². The quantitative estimate of drug-likeness (QED) is 0.288. The summed E-state index contributed by atoms with van der Waals surface area (Å²) in [6.07, 6.45) is 1.60. The van der Waals surface area contributed by atoms with Crippen LogP contribution >= 0.6 is 23.2 Å². The van der Waals surface area contributed by atoms with Crippen molar-refractivity contribution in [3.05, 3.63) is 98.7 Å². The van der Waals surface area contributed by atoms with Crippen LogP contribution in [0.15, 0.2) is 66.4 Å². The molecule has 0 aliphatic carbocycles. The van der Waals surface area contributed by atoms with Gasteiger partial charge in [0.1, 0.15) is 11.5 Å². The molecule has 0 saturated carbocycles. The first-order valence-electron chi connectivity index (χ1n) is 8.75. The maximum Gasteiger partial charge on any atom is 0.345 e. The third-order valence-corrected chi connectivity index (χ3v) is 5.20. The predicted octanol–water partition coefficient (Wildman–Crippen LogP) is 6.14. The molecule has 1 aliphatic rings. The maximum atomic E-state index is 12.7. The molecule has 0 fully saturated rings. The minimum absolute atomic E-state index is 0.158. The zero-order chi connectivity index (χ0) is 20.5. The molecule has 0 bridgehead atoms. The summed E-state index contributed by atoms with van der Waals surface area (Å²) in [6, 6.07) is 16.9. The monoisotopic (exact) mass is 424 g/mol. The molecule has 6 heteroatoms. The third-order valence-electron chi connectivity index (χ3n) is 4.52. The summed E-state index contributed by atoms with van der Waals surface area (Å²) in [5.41, 5.74) is 1.87. The van der Waals surface area contributed by atoms with Gasteiger partial charge in [-0.1, -0.05) is 53.5 Å². The second kappa shape index (κ2) is 7.74. The average molecular weight is 425 g/mol. The van der Waals surface area contributed by atoms with Gasteiger partial charge < -0.3 is 9.47 Å². The summed E-state index contributed by atoms with van der Waals surface area (Å²) in [7, 11) is 0. The van der Waals surface area contributed by atoms with E-state index >= 15 is 0 Å². The normalized spacial score (nSPS) is 13.9. The highest BCUT2D eigenvalue weighted by molar-refractivity contribution is 6.33. The lowest BCUT2D eigenvalue weighted by Crippen LogP contribution is -2.10. The number of esters is 1. The lowest BCUT2D eigenvalue weighted by atomic mass is 10.1. The lowest BCUT2D eigenvalue weighted by Gasteiger charge is -2.10. The van der Waals surface area contributed by atoms with Gasteiger partial charge in [0.25, 0.3) is 0 Å². The summed E-state index contributed by atoms with van der Waals surface area (Å²) in [5, 5.41) is 0.811. The molecule has 144 valence electrons. The maximum absolute atomic E-state index is 12.7. The molecule has 1 heterocycles. The van der Waals surface area contributed by atoms with E-state index in [0.29, 0.717) is 38.2 Å². The number of fused-ring (bicyclic) bond motifs is 1. The Bertz CT molecular complexity index is 1180. The van der Waals surface area contributed by atoms with Gasteiger partial charge in [-0.25, -0.2) is 4.79 Å². The Kier molecular flexibility index (Phi) is 5.14. The number of ether oxygens (including phenoxy) is 2. The zero-order valence-electron chi connectivity index (χ0n) is 15.2. The Hall–Kier alpha value is -3.08. The van der Waals surface area contributed by atoms with Crippen molar-refractivity contribution in [2.24, 2.45) is 0 Å². The predicted molar refractivity (Wildman–Crippen MR) is 112 cm³/mol. The van der Waals surface area contributed by atoms with Gasteiger partial charge in [0.05, 0.1) is 16.1 Å². The van der Waals surface area contributed by atoms with Crippen molar-refractivity contribution in [2.45, 2.75) is 6.92 Å². The van der Waals surface area contributed by atoms with Crippen molar-refractivity contribution in [2.75, 3.05) is 0 Å². The van der Waals surface area contributed by atoms with Crippen molar-refractivity contribution >= 4 is 41.0 Å². The highest BCUT2D eigenvalue weighted by Gasteiger charge is 2.31. The van der Waals surface area contributed by atoms with Gasteiger partial charge in [0, 0.05) is 10.6 Å². The first-order chi connectivity index (χ1) is 14.0. The number of rotatable bonds is 3. The number of benzene rings is 3. The van der Waals surface area contributed by atoms with Crippen molar-refractivity contribution < 1.29 is 19.1 Å². The number of hydrogen-bond acceptors (Lipinski definition) is 4. The van der Waals surface area contributed by atoms with Crippen LogP contribution in [0.4, 0.5) is 0 Å². The zero-order valence-corrected chi connectivity index (χ0v) is 16.8. The van der Waals surface area contributed by atoms with Crippen molar-refractivity contribution in [3.63, 3.8) is 0 Å². The lowest BCUT2D eigenvalue weighted by molar-refractivity contribution is 0.0733. The van der Waals surface area contributed by atoms with E-state index < -0.39 is 5.97 Å². The fourth-order valence-electron chi connectivity index (χ4n) is 2.99. The molecule has 1 aliphatic heterocycles. The van der Waals surface area contributed by atoms with Gasteiger partial charge in [-0.15, -0.1) is 0 Å². The molecule has 0 atom stereocenters. The van der Waals surface area contributed by atoms with Crippen LogP contribution in [-0.4, -0.2) is 11.8 Å². The second-order valence-electron chi connectivity index (χ2n) is 6.40. The highest BCUT2D eigenvalue weighted by atomic mass is 35.5. The standard InChI is InChI=1S/C23H14Cl2O4/c1-13-19(29-23(27)15-7-3-5-9-18(15)25)11-10-16-21(26)20(28-22(13)16)12-14-6-2-4-8-17(14)24/h2-12H,1H3/b20-12-. The number of halogens is 2. The van der Waals surface area contributed by atoms with E-state index in [1.54, 1.807) is 67.6 Å². The number of carbonyl (C=O) groups excluding carboxylic acids is 2. The molecule has 0 aromatic heterocycles. The van der Waals surface area contributed by atoms with Gasteiger partial charge in [-0.3, -0.25) is 4.79 Å². The van der Waals surface area contributed by atoms with Crippen LogP contribution in [-0.2, 0) is 0 Å². The third kappa shape index (κ3) is 3.65. The van der Waals surface area contributed by atoms with Gasteiger partial charge in [-0.2, -0.15) is 0 Å². The molecule has 29 heavy (non-hydrogen) atoms. The summed E-state index contributed by atoms with van der Waals surface area (Å²) < 4.78 is 11.3. The minimum Gasteiger partial charge on any atom is -0.452 e. The molecule has 0 unspecified atom stereocenters. The largest absolute Gasteiger partial charge is 0.452 e. The Morgan fingerprint density at radius 3 is 2.38 bits per heavy atom. The summed E-state index contributed by atoms with van der Waals surface area (Å²) in [6.45, 7) is 1.72. The molecule has 4 rings (SSSR count). The highest BCUT2D eigenvalue weighted by Crippen LogP contribution is 2.40. The van der Waals surface area contributed by atoms with Gasteiger partial charge in [-0.05, 0) is 48.9 Å². The van der Waals surface area contributed by atoms with Crippen molar-refractivity contribution in [3.8, 4) is 11.5 Å². The molecule has 3 aromatic rings. The Morgan fingerprint density at radius 1 is 0.966 bits per heavy atom. The molecule has 0 amide bonds. The van der Waals surface area contributed by atoms with Gasteiger partial charge in [0.15, 0.2) is 5.76 Å². The SMILES string of the molecule is Cc1c(OC(=O)c2ccccc2Cl)ccc2c1O/C(=C\c1ccccc1Cl)C2=O. The number of ketones is 1. The van der Waals surface area contributed by atoms with E-state index in [1.807, 2.05) is 6.07 Å². The number of allylic oxidation sites excluding steroid dienone is 1. The summed E-state index contributed by atoms with van der Waals surface area (Å²) in [4.78, 5) is 25.2. The van der Waals surface area contributed by atoms with Crippen molar-refractivity contribution in [1.82, 2.24) is 0 Å². The minimum atomic E-state index is -0.588. The van der Waals surface area contributed by atoms with E-state index in [4.69, 9.17) is 32.7 Å². The Morgan fingerprint density at radius 2 is 1.66 bits per heavy atom. The Labute approximate surface area is 177 Å². The van der Waals surface area contributed by atoms with Crippen LogP contribution in [0.3, 0.4) is 0 Å². The van der Waals surface area contributed by atoms with Gasteiger partial charge >= 0.3 is 5.97 Å². The molecule has 0 radical (unpaired) electrons. The van der Waals surface area contributed by atoms with Crippen LogP contribution in [0.2, 0.25) is 10.0 Å². The summed E-state index contributed by atoms with van der Waals surface area (Å²) in [5.74, 6) is -0.0363. The molecule has 0 saturated heterocycles. The second-order valence-corrected chi connectivity index (χ2v) is 7.21. The Balaban J connectivity index is 1.64. The number of Topliss-reactive ketones (excluding diaryl/α,β-unsaturated/α-hetero) is 1. The molecular formula is C23H14Cl2O4. The first kappa shape index (κ1) is 19.2. The fraction of sp³-hybridized carbons (Fsp3) is 0.0435. The van der Waals surface area contributed by atoms with Crippen molar-refractivity contribution in [1.29, 1.82) is 0 Å². The van der Waals surface area contributed by atoms with Crippen LogP contribution < -0.4 is 9.47 Å². The smallest absolute Gasteiger partial charge is 0.345 e. The van der Waals surface area contributed by atoms with Crippen LogP contribution in [0, 0.1) is 6.92 Å². The average Bonchev–Trinajstić information content (AvgIpc) is 3.02. The van der Waals surface area contributed by atoms with E-state index in [-0.39, 0.29) is 17.1 Å². The van der Waals surface area contributed by atoms with Crippen LogP contribution in [0.25, 0.3) is 6.08 Å². The molecule has 0 N–H and O–H groups in total. The molecular weight excluding hydrogens is 411 g/mol. The van der Waals surface area contributed by atoms with Gasteiger partial charge in [0.2, 0.25) is 5.78 Å². The van der Waals surface area contributed by atoms with E-state index in [9.17, 15) is 9.59 Å². The number of hydrogen-bond donors (Lipinski definition) is 0. The molecule has 3 aromatic carbocycles. The summed E-state index contributed by atoms with van der Waals surface area (Å²) >= 11 is 12.2. The van der Waals surface area contributed by atoms with E-state index in [2.05, 4.69) is 0 Å². The topological polar surface area (TPSA) is 52.6 Å². The van der Waals surface area contributed by atoms with Crippen LogP contribution in [0.5, 0.6) is 11.5 Å². The molecule has 0 spiro atoms. The molecule has 4 nitrogen and oxygen atoms in total. The number of carbonyl (C=O) groups is 2. The van der Waals surface area contributed by atoms with E-state index in [0.717, 1.165) is 0 Å². The first-order valence-corrected chi connectivity index (χ1v) is 9.50. The van der Waals surface area contributed by atoms with E-state index in [1.165, 1.54) is 0 Å².